The quantitative estimate of drug-likeness (QED) is 0.863. The zero-order chi connectivity index (χ0) is 16.2. The standard InChI is InChI=1S/C17H22N4O2/c1-20-9-8-19-16(20)15-11-18-7-10-21(15)12-13-3-5-14(6-4-13)17(22)23-2/h3-6,8-9,15,18H,7,10-12H2,1-2H3. The van der Waals surface area contributed by atoms with Gasteiger partial charge in [-0.05, 0) is 17.7 Å². The van der Waals surface area contributed by atoms with Crippen LogP contribution in [0.2, 0.25) is 0 Å². The van der Waals surface area contributed by atoms with E-state index in [0.717, 1.165) is 32.0 Å². The molecular formula is C17H22N4O2. The number of benzene rings is 1. The second-order valence-corrected chi connectivity index (χ2v) is 5.78. The first kappa shape index (κ1) is 15.7. The van der Waals surface area contributed by atoms with Crippen LogP contribution in [-0.4, -0.2) is 47.2 Å². The van der Waals surface area contributed by atoms with Gasteiger partial charge in [-0.1, -0.05) is 12.1 Å². The average Bonchev–Trinajstić information content (AvgIpc) is 3.01. The Kier molecular flexibility index (Phi) is 4.73. The molecule has 1 aromatic heterocycles. The van der Waals surface area contributed by atoms with E-state index in [0.29, 0.717) is 5.56 Å². The van der Waals surface area contributed by atoms with E-state index in [-0.39, 0.29) is 12.0 Å². The molecule has 6 heteroatoms. The van der Waals surface area contributed by atoms with Crippen LogP contribution in [0.4, 0.5) is 0 Å². The van der Waals surface area contributed by atoms with Crippen molar-refractivity contribution in [1.82, 2.24) is 19.8 Å². The predicted molar refractivity (Wildman–Crippen MR) is 87.0 cm³/mol. The van der Waals surface area contributed by atoms with Crippen LogP contribution in [0.1, 0.15) is 27.8 Å². The third-order valence-electron chi connectivity index (χ3n) is 4.27. The number of hydrogen-bond donors (Lipinski definition) is 1. The van der Waals surface area contributed by atoms with Crippen molar-refractivity contribution in [2.75, 3.05) is 26.7 Å². The third-order valence-corrected chi connectivity index (χ3v) is 4.27. The van der Waals surface area contributed by atoms with Crippen molar-refractivity contribution >= 4 is 5.97 Å². The van der Waals surface area contributed by atoms with Gasteiger partial charge >= 0.3 is 5.97 Å². The Hall–Kier alpha value is -2.18. The van der Waals surface area contributed by atoms with E-state index in [1.54, 1.807) is 0 Å². The fourth-order valence-corrected chi connectivity index (χ4v) is 2.99. The largest absolute Gasteiger partial charge is 0.465 e. The van der Waals surface area contributed by atoms with E-state index in [1.165, 1.54) is 12.7 Å². The van der Waals surface area contributed by atoms with E-state index >= 15 is 0 Å². The van der Waals surface area contributed by atoms with Gasteiger partial charge < -0.3 is 14.6 Å². The van der Waals surface area contributed by atoms with Gasteiger partial charge in [-0.3, -0.25) is 4.90 Å². The Morgan fingerprint density at radius 3 is 2.83 bits per heavy atom. The third kappa shape index (κ3) is 3.43. The summed E-state index contributed by atoms with van der Waals surface area (Å²) in [4.78, 5) is 18.4. The minimum absolute atomic E-state index is 0.254. The Labute approximate surface area is 136 Å². The molecule has 122 valence electrons. The molecule has 0 bridgehead atoms. The first-order valence-corrected chi connectivity index (χ1v) is 7.78. The summed E-state index contributed by atoms with van der Waals surface area (Å²) < 4.78 is 6.81. The van der Waals surface area contributed by atoms with Crippen molar-refractivity contribution in [1.29, 1.82) is 0 Å². The topological polar surface area (TPSA) is 59.4 Å². The molecule has 1 N–H and O–H groups in total. The number of hydrogen-bond acceptors (Lipinski definition) is 5. The monoisotopic (exact) mass is 314 g/mol. The van der Waals surface area contributed by atoms with Crippen molar-refractivity contribution in [2.45, 2.75) is 12.6 Å². The summed E-state index contributed by atoms with van der Waals surface area (Å²) in [6, 6.07) is 7.87. The lowest BCUT2D eigenvalue weighted by Gasteiger charge is -2.35. The fourth-order valence-electron chi connectivity index (χ4n) is 2.99. The molecule has 2 heterocycles. The lowest BCUT2D eigenvalue weighted by molar-refractivity contribution is 0.0600. The van der Waals surface area contributed by atoms with E-state index in [1.807, 2.05) is 43.7 Å². The number of ether oxygens (including phenoxy) is 1. The van der Waals surface area contributed by atoms with Crippen molar-refractivity contribution in [3.8, 4) is 0 Å². The Morgan fingerprint density at radius 2 is 2.17 bits per heavy atom. The number of carbonyl (C=O) groups is 1. The second kappa shape index (κ2) is 6.93. The summed E-state index contributed by atoms with van der Waals surface area (Å²) in [5, 5.41) is 3.44. The molecule has 1 aliphatic rings. The summed E-state index contributed by atoms with van der Waals surface area (Å²) in [6.07, 6.45) is 3.82. The Morgan fingerprint density at radius 1 is 1.39 bits per heavy atom. The maximum atomic E-state index is 11.5. The van der Waals surface area contributed by atoms with Gasteiger partial charge in [-0.15, -0.1) is 0 Å². The predicted octanol–water partition coefficient (Wildman–Crippen LogP) is 1.35. The number of methoxy groups -OCH3 is 1. The molecule has 1 aliphatic heterocycles. The molecule has 3 rings (SSSR count). The molecule has 0 radical (unpaired) electrons. The van der Waals surface area contributed by atoms with Gasteiger partial charge in [0, 0.05) is 45.6 Å². The highest BCUT2D eigenvalue weighted by Crippen LogP contribution is 2.22. The zero-order valence-electron chi connectivity index (χ0n) is 13.5. The first-order chi connectivity index (χ1) is 11.2. The van der Waals surface area contributed by atoms with Gasteiger partial charge in [0.25, 0.3) is 0 Å². The normalized spacial score (nSPS) is 18.8. The number of nitrogens with zero attached hydrogens (tertiary/aromatic N) is 3. The highest BCUT2D eigenvalue weighted by Gasteiger charge is 2.26. The van der Waals surface area contributed by atoms with Crippen LogP contribution in [0.5, 0.6) is 0 Å². The molecule has 1 unspecified atom stereocenters. The van der Waals surface area contributed by atoms with Crippen LogP contribution in [0.3, 0.4) is 0 Å². The second-order valence-electron chi connectivity index (χ2n) is 5.78. The zero-order valence-corrected chi connectivity index (χ0v) is 13.5. The molecule has 1 saturated heterocycles. The van der Waals surface area contributed by atoms with E-state index in [4.69, 9.17) is 4.74 Å². The van der Waals surface area contributed by atoms with Crippen molar-refractivity contribution in [2.24, 2.45) is 7.05 Å². The number of esters is 1. The van der Waals surface area contributed by atoms with Crippen LogP contribution in [0.25, 0.3) is 0 Å². The highest BCUT2D eigenvalue weighted by molar-refractivity contribution is 5.89. The van der Waals surface area contributed by atoms with Gasteiger partial charge in [-0.2, -0.15) is 0 Å². The number of rotatable bonds is 4. The summed E-state index contributed by atoms with van der Waals surface area (Å²) in [7, 11) is 3.43. The number of piperazine rings is 1. The van der Waals surface area contributed by atoms with Crippen LogP contribution < -0.4 is 5.32 Å². The van der Waals surface area contributed by atoms with Gasteiger partial charge in [0.15, 0.2) is 0 Å². The Bertz CT molecular complexity index is 665. The van der Waals surface area contributed by atoms with E-state index in [2.05, 4.69) is 19.8 Å². The number of nitrogens with one attached hydrogen (secondary N) is 1. The van der Waals surface area contributed by atoms with E-state index in [9.17, 15) is 4.79 Å². The molecule has 0 spiro atoms. The minimum Gasteiger partial charge on any atom is -0.465 e. The molecule has 1 fully saturated rings. The SMILES string of the molecule is COC(=O)c1ccc(CN2CCNCC2c2nccn2C)cc1. The Balaban J connectivity index is 1.74. The number of carbonyl (C=O) groups excluding carboxylic acids is 1. The van der Waals surface area contributed by atoms with Gasteiger partial charge in [0.05, 0.1) is 18.7 Å². The van der Waals surface area contributed by atoms with Crippen LogP contribution in [0, 0.1) is 0 Å². The number of aromatic nitrogens is 2. The maximum absolute atomic E-state index is 11.5. The van der Waals surface area contributed by atoms with Crippen molar-refractivity contribution in [3.63, 3.8) is 0 Å². The average molecular weight is 314 g/mol. The minimum atomic E-state index is -0.301. The summed E-state index contributed by atoms with van der Waals surface area (Å²) in [6.45, 7) is 3.67. The molecule has 1 atom stereocenters. The van der Waals surface area contributed by atoms with Crippen LogP contribution in [0.15, 0.2) is 36.7 Å². The van der Waals surface area contributed by atoms with Gasteiger partial charge in [0.2, 0.25) is 0 Å². The van der Waals surface area contributed by atoms with Crippen molar-refractivity contribution in [3.05, 3.63) is 53.6 Å². The first-order valence-electron chi connectivity index (χ1n) is 7.78. The molecule has 2 aromatic rings. The number of imidazole rings is 1. The molecule has 0 saturated carbocycles. The molecule has 6 nitrogen and oxygen atoms in total. The molecule has 0 aliphatic carbocycles. The van der Waals surface area contributed by atoms with Crippen LogP contribution >= 0.6 is 0 Å². The molecular weight excluding hydrogens is 292 g/mol. The smallest absolute Gasteiger partial charge is 0.337 e. The lowest BCUT2D eigenvalue weighted by Crippen LogP contribution is -2.46. The number of aryl methyl sites for hydroxylation is 1. The van der Waals surface area contributed by atoms with Crippen LogP contribution in [-0.2, 0) is 18.3 Å². The summed E-state index contributed by atoms with van der Waals surface area (Å²) >= 11 is 0. The van der Waals surface area contributed by atoms with Gasteiger partial charge in [0.1, 0.15) is 5.82 Å². The maximum Gasteiger partial charge on any atom is 0.337 e. The molecule has 1 aromatic carbocycles. The van der Waals surface area contributed by atoms with Gasteiger partial charge in [-0.25, -0.2) is 9.78 Å². The molecule has 23 heavy (non-hydrogen) atoms. The molecule has 0 amide bonds. The summed E-state index contributed by atoms with van der Waals surface area (Å²) in [5.74, 6) is 0.771. The fraction of sp³-hybridized carbons (Fsp3) is 0.412. The summed E-state index contributed by atoms with van der Waals surface area (Å²) in [5.41, 5.74) is 1.76. The highest BCUT2D eigenvalue weighted by atomic mass is 16.5. The lowest BCUT2D eigenvalue weighted by atomic mass is 10.1. The van der Waals surface area contributed by atoms with E-state index < -0.39 is 0 Å². The van der Waals surface area contributed by atoms with Crippen molar-refractivity contribution < 1.29 is 9.53 Å².